The number of nitrogens with one attached hydrogen (secondary N) is 1. The third-order valence-electron chi connectivity index (χ3n) is 4.91. The Morgan fingerprint density at radius 2 is 1.82 bits per heavy atom. The highest BCUT2D eigenvalue weighted by molar-refractivity contribution is 5.81. The van der Waals surface area contributed by atoms with Gasteiger partial charge in [-0.25, -0.2) is 0 Å². The number of carbonyl (C=O) groups is 1. The Labute approximate surface area is 164 Å². The Bertz CT molecular complexity index is 787. The Hall–Kier alpha value is -2.93. The lowest BCUT2D eigenvalue weighted by Crippen LogP contribution is -2.47. The third kappa shape index (κ3) is 5.53. The number of nitro benzene ring substituents is 1. The van der Waals surface area contributed by atoms with Crippen molar-refractivity contribution in [2.24, 2.45) is 0 Å². The van der Waals surface area contributed by atoms with E-state index in [-0.39, 0.29) is 17.6 Å². The van der Waals surface area contributed by atoms with Crippen molar-refractivity contribution in [3.8, 4) is 5.75 Å². The number of hydrogen-bond acceptors (Lipinski definition) is 5. The minimum atomic E-state index is -0.663. The number of non-ortho nitro benzene ring substituents is 1. The van der Waals surface area contributed by atoms with Crippen LogP contribution in [0.1, 0.15) is 25.3 Å². The van der Waals surface area contributed by atoms with Crippen LogP contribution in [0.2, 0.25) is 0 Å². The van der Waals surface area contributed by atoms with Gasteiger partial charge < -0.3 is 10.1 Å². The van der Waals surface area contributed by atoms with Crippen molar-refractivity contribution in [3.63, 3.8) is 0 Å². The van der Waals surface area contributed by atoms with E-state index < -0.39 is 11.0 Å². The molecular weight excluding hydrogens is 358 g/mol. The highest BCUT2D eigenvalue weighted by Gasteiger charge is 2.23. The summed E-state index contributed by atoms with van der Waals surface area (Å²) in [5.41, 5.74) is 1.29. The van der Waals surface area contributed by atoms with Crippen molar-refractivity contribution in [2.45, 2.75) is 38.5 Å². The molecule has 1 amide bonds. The monoisotopic (exact) mass is 383 g/mol. The maximum absolute atomic E-state index is 12.4. The molecule has 0 spiro atoms. The number of likely N-dealkylation sites (tertiary alicyclic amines) is 1. The summed E-state index contributed by atoms with van der Waals surface area (Å²) in [6.45, 7) is 4.50. The molecule has 28 heavy (non-hydrogen) atoms. The molecule has 0 saturated carbocycles. The molecule has 148 valence electrons. The molecule has 1 aliphatic heterocycles. The van der Waals surface area contributed by atoms with Gasteiger partial charge in [-0.2, -0.15) is 0 Å². The molecule has 1 saturated heterocycles. The van der Waals surface area contributed by atoms with Gasteiger partial charge in [-0.15, -0.1) is 0 Å². The second-order valence-electron chi connectivity index (χ2n) is 7.06. The first-order valence-electron chi connectivity index (χ1n) is 9.49. The number of hydrogen-bond donors (Lipinski definition) is 1. The van der Waals surface area contributed by atoms with E-state index in [9.17, 15) is 14.9 Å². The lowest BCUT2D eigenvalue weighted by Gasteiger charge is -2.32. The first kappa shape index (κ1) is 19.8. The van der Waals surface area contributed by atoms with Crippen molar-refractivity contribution < 1.29 is 14.5 Å². The Morgan fingerprint density at radius 1 is 1.18 bits per heavy atom. The Balaban J connectivity index is 1.42. The van der Waals surface area contributed by atoms with Crippen molar-refractivity contribution in [2.75, 3.05) is 13.1 Å². The van der Waals surface area contributed by atoms with Gasteiger partial charge in [-0.1, -0.05) is 30.3 Å². The number of rotatable bonds is 7. The number of amides is 1. The fourth-order valence-corrected chi connectivity index (χ4v) is 3.30. The summed E-state index contributed by atoms with van der Waals surface area (Å²) in [6.07, 6.45) is 1.15. The zero-order chi connectivity index (χ0) is 19.9. The molecule has 7 heteroatoms. The molecule has 0 aromatic heterocycles. The molecule has 0 bridgehead atoms. The van der Waals surface area contributed by atoms with Crippen molar-refractivity contribution >= 4 is 11.6 Å². The minimum Gasteiger partial charge on any atom is -0.481 e. The van der Waals surface area contributed by atoms with Crippen molar-refractivity contribution in [1.82, 2.24) is 10.2 Å². The number of nitrogens with zero attached hydrogens (tertiary/aromatic N) is 2. The summed E-state index contributed by atoms with van der Waals surface area (Å²) < 4.78 is 5.61. The zero-order valence-corrected chi connectivity index (χ0v) is 15.9. The average Bonchev–Trinajstić information content (AvgIpc) is 2.70. The lowest BCUT2D eigenvalue weighted by molar-refractivity contribution is -0.384. The van der Waals surface area contributed by atoms with Crippen LogP contribution in [0.3, 0.4) is 0 Å². The van der Waals surface area contributed by atoms with Crippen LogP contribution in [0.5, 0.6) is 5.75 Å². The summed E-state index contributed by atoms with van der Waals surface area (Å²) in [4.78, 5) is 25.0. The SMILES string of the molecule is CC(Oc1ccc([N+](=O)[O-])cc1)C(=O)NC1CCN(Cc2ccccc2)CC1. The maximum atomic E-state index is 12.4. The fraction of sp³-hybridized carbons (Fsp3) is 0.381. The molecular formula is C21H25N3O4. The van der Waals surface area contributed by atoms with Crippen molar-refractivity contribution in [1.29, 1.82) is 0 Å². The smallest absolute Gasteiger partial charge is 0.269 e. The van der Waals surface area contributed by atoms with Crippen molar-refractivity contribution in [3.05, 3.63) is 70.3 Å². The molecule has 1 heterocycles. The molecule has 7 nitrogen and oxygen atoms in total. The number of carbonyl (C=O) groups excluding carboxylic acids is 1. The zero-order valence-electron chi connectivity index (χ0n) is 15.9. The molecule has 1 N–H and O–H groups in total. The largest absolute Gasteiger partial charge is 0.481 e. The van der Waals surface area contributed by atoms with Gasteiger partial charge in [-0.3, -0.25) is 19.8 Å². The second-order valence-corrected chi connectivity index (χ2v) is 7.06. The predicted molar refractivity (Wildman–Crippen MR) is 106 cm³/mol. The lowest BCUT2D eigenvalue weighted by atomic mass is 10.0. The normalized spacial score (nSPS) is 16.3. The molecule has 1 unspecified atom stereocenters. The second kappa shape index (κ2) is 9.32. The van der Waals surface area contributed by atoms with E-state index in [1.165, 1.54) is 29.8 Å². The standard InChI is InChI=1S/C21H25N3O4/c1-16(28-20-9-7-19(8-10-20)24(26)27)21(25)22-18-11-13-23(14-12-18)15-17-5-3-2-4-6-17/h2-10,16,18H,11-15H2,1H3,(H,22,25). The van der Waals surface area contributed by atoms with Crippen LogP contribution in [0.15, 0.2) is 54.6 Å². The van der Waals surface area contributed by atoms with E-state index in [0.29, 0.717) is 5.75 Å². The van der Waals surface area contributed by atoms with Gasteiger partial charge in [0.1, 0.15) is 5.75 Å². The Morgan fingerprint density at radius 3 is 2.43 bits per heavy atom. The molecule has 1 aliphatic rings. The van der Waals surface area contributed by atoms with Gasteiger partial charge in [0, 0.05) is 37.8 Å². The van der Waals surface area contributed by atoms with Gasteiger partial charge in [0.15, 0.2) is 6.10 Å². The topological polar surface area (TPSA) is 84.7 Å². The fourth-order valence-electron chi connectivity index (χ4n) is 3.30. The van der Waals surface area contributed by atoms with Gasteiger partial charge in [0.2, 0.25) is 0 Å². The van der Waals surface area contributed by atoms with Crippen LogP contribution in [0.25, 0.3) is 0 Å². The molecule has 1 fully saturated rings. The molecule has 2 aromatic carbocycles. The molecule has 0 radical (unpaired) electrons. The molecule has 1 atom stereocenters. The first-order chi connectivity index (χ1) is 13.5. The van der Waals surface area contributed by atoms with Crippen LogP contribution >= 0.6 is 0 Å². The highest BCUT2D eigenvalue weighted by Crippen LogP contribution is 2.19. The number of nitro groups is 1. The van der Waals surface area contributed by atoms with Gasteiger partial charge >= 0.3 is 0 Å². The van der Waals surface area contributed by atoms with E-state index in [0.717, 1.165) is 32.5 Å². The number of ether oxygens (including phenoxy) is 1. The summed E-state index contributed by atoms with van der Waals surface area (Å²) in [7, 11) is 0. The van der Waals surface area contributed by atoms with Gasteiger partial charge in [-0.05, 0) is 37.5 Å². The number of piperidine rings is 1. The molecule has 3 rings (SSSR count). The quantitative estimate of drug-likeness (QED) is 0.586. The van der Waals surface area contributed by atoms with Crippen LogP contribution in [0, 0.1) is 10.1 Å². The van der Waals surface area contributed by atoms with E-state index in [4.69, 9.17) is 4.74 Å². The molecule has 2 aromatic rings. The predicted octanol–water partition coefficient (Wildman–Crippen LogP) is 3.14. The van der Waals surface area contributed by atoms with E-state index in [2.05, 4.69) is 34.5 Å². The highest BCUT2D eigenvalue weighted by atomic mass is 16.6. The molecule has 0 aliphatic carbocycles. The van der Waals surface area contributed by atoms with Crippen LogP contribution in [0.4, 0.5) is 5.69 Å². The maximum Gasteiger partial charge on any atom is 0.269 e. The van der Waals surface area contributed by atoms with Crippen LogP contribution < -0.4 is 10.1 Å². The summed E-state index contributed by atoms with van der Waals surface area (Å²) in [5.74, 6) is 0.269. The van der Waals surface area contributed by atoms with Gasteiger partial charge in [0.05, 0.1) is 4.92 Å². The summed E-state index contributed by atoms with van der Waals surface area (Å²) in [6, 6.07) is 16.3. The van der Waals surface area contributed by atoms with E-state index >= 15 is 0 Å². The van der Waals surface area contributed by atoms with E-state index in [1.807, 2.05) is 6.07 Å². The van der Waals surface area contributed by atoms with E-state index in [1.54, 1.807) is 6.92 Å². The average molecular weight is 383 g/mol. The first-order valence-corrected chi connectivity index (χ1v) is 9.49. The summed E-state index contributed by atoms with van der Waals surface area (Å²) >= 11 is 0. The summed E-state index contributed by atoms with van der Waals surface area (Å²) in [5, 5.41) is 13.7. The van der Waals surface area contributed by atoms with Crippen LogP contribution in [-0.4, -0.2) is 41.0 Å². The van der Waals surface area contributed by atoms with Gasteiger partial charge in [0.25, 0.3) is 11.6 Å². The minimum absolute atomic E-state index is 0.00767. The van der Waals surface area contributed by atoms with Crippen LogP contribution in [-0.2, 0) is 11.3 Å². The Kier molecular flexibility index (Phi) is 6.60. The third-order valence-corrected chi connectivity index (χ3v) is 4.91. The number of benzene rings is 2.